The highest BCUT2D eigenvalue weighted by molar-refractivity contribution is 7.80. The third-order valence-corrected chi connectivity index (χ3v) is 3.41. The number of hydrogen-bond acceptors (Lipinski definition) is 3. The third kappa shape index (κ3) is 2.68. The number of amides is 1. The Morgan fingerprint density at radius 1 is 1.22 bits per heavy atom. The van der Waals surface area contributed by atoms with Gasteiger partial charge in [-0.3, -0.25) is 4.79 Å². The molecule has 2 aromatic rings. The van der Waals surface area contributed by atoms with Crippen LogP contribution < -0.4 is 5.32 Å². The number of halogens is 3. The van der Waals surface area contributed by atoms with Crippen LogP contribution >= 0.6 is 24.0 Å². The summed E-state index contributed by atoms with van der Waals surface area (Å²) in [4.78, 5) is 12.5. The Hall–Kier alpha value is -1.47. The first-order valence-electron chi connectivity index (χ1n) is 4.71. The molecule has 2 rings (SSSR count). The predicted molar refractivity (Wildman–Crippen MR) is 65.8 cm³/mol. The summed E-state index contributed by atoms with van der Waals surface area (Å²) < 4.78 is 39.1. The molecule has 0 atom stereocenters. The molecule has 7 heteroatoms. The monoisotopic (exact) mass is 289 g/mol. The second-order valence-corrected chi connectivity index (χ2v) is 4.80. The standard InChI is InChI=1S/C11H6F3NOS2/c12-5-1-7(13)10(14)8(2-5)15-11(16)9-3-6(17)4-18-9/h1-4,17H,(H,15,16). The molecule has 1 heterocycles. The zero-order valence-electron chi connectivity index (χ0n) is 8.71. The van der Waals surface area contributed by atoms with Gasteiger partial charge in [0, 0.05) is 22.4 Å². The van der Waals surface area contributed by atoms with E-state index in [0.717, 1.165) is 11.3 Å². The van der Waals surface area contributed by atoms with E-state index in [0.29, 0.717) is 17.0 Å². The summed E-state index contributed by atoms with van der Waals surface area (Å²) in [6.45, 7) is 0. The van der Waals surface area contributed by atoms with Gasteiger partial charge < -0.3 is 5.32 Å². The molecule has 1 aromatic heterocycles. The highest BCUT2D eigenvalue weighted by atomic mass is 32.1. The fourth-order valence-corrected chi connectivity index (χ4v) is 2.32. The number of rotatable bonds is 2. The number of hydrogen-bond donors (Lipinski definition) is 2. The van der Waals surface area contributed by atoms with Crippen LogP contribution in [0.2, 0.25) is 0 Å². The summed E-state index contributed by atoms with van der Waals surface area (Å²) in [6.07, 6.45) is 0. The van der Waals surface area contributed by atoms with E-state index in [1.165, 1.54) is 6.07 Å². The second kappa shape index (κ2) is 5.03. The van der Waals surface area contributed by atoms with E-state index in [1.807, 2.05) is 0 Å². The van der Waals surface area contributed by atoms with Crippen molar-refractivity contribution in [2.75, 3.05) is 5.32 Å². The van der Waals surface area contributed by atoms with Gasteiger partial charge in [0.2, 0.25) is 0 Å². The van der Waals surface area contributed by atoms with Crippen molar-refractivity contribution in [2.45, 2.75) is 4.90 Å². The van der Waals surface area contributed by atoms with Crippen molar-refractivity contribution in [3.63, 3.8) is 0 Å². The first-order valence-corrected chi connectivity index (χ1v) is 6.03. The van der Waals surface area contributed by atoms with Gasteiger partial charge in [0.15, 0.2) is 11.6 Å². The summed E-state index contributed by atoms with van der Waals surface area (Å²) >= 11 is 5.11. The van der Waals surface area contributed by atoms with E-state index in [4.69, 9.17) is 0 Å². The fourth-order valence-electron chi connectivity index (χ4n) is 1.28. The largest absolute Gasteiger partial charge is 0.319 e. The molecule has 0 unspecified atom stereocenters. The molecular weight excluding hydrogens is 283 g/mol. The Bertz CT molecular complexity index is 612. The summed E-state index contributed by atoms with van der Waals surface area (Å²) in [5.74, 6) is -4.27. The number of carbonyl (C=O) groups excluding carboxylic acids is 1. The minimum atomic E-state index is -1.36. The molecule has 18 heavy (non-hydrogen) atoms. The predicted octanol–water partition coefficient (Wildman–Crippen LogP) is 3.71. The maximum Gasteiger partial charge on any atom is 0.265 e. The van der Waals surface area contributed by atoms with Gasteiger partial charge in [-0.15, -0.1) is 24.0 Å². The molecule has 0 saturated heterocycles. The average molecular weight is 289 g/mol. The number of benzene rings is 1. The number of carbonyl (C=O) groups is 1. The van der Waals surface area contributed by atoms with Gasteiger partial charge in [-0.25, -0.2) is 13.2 Å². The number of thiophene rings is 1. The lowest BCUT2D eigenvalue weighted by Gasteiger charge is -2.05. The second-order valence-electron chi connectivity index (χ2n) is 3.37. The summed E-state index contributed by atoms with van der Waals surface area (Å²) in [5, 5.41) is 3.72. The molecule has 0 spiro atoms. The zero-order valence-corrected chi connectivity index (χ0v) is 10.4. The van der Waals surface area contributed by atoms with Crippen LogP contribution in [0.4, 0.5) is 18.9 Å². The summed E-state index contributed by atoms with van der Waals surface area (Å²) in [7, 11) is 0. The van der Waals surface area contributed by atoms with Crippen LogP contribution in [0.1, 0.15) is 9.67 Å². The molecule has 94 valence electrons. The van der Waals surface area contributed by atoms with Crippen molar-refractivity contribution in [3.05, 3.63) is 45.9 Å². The summed E-state index contributed by atoms with van der Waals surface area (Å²) in [6, 6.07) is 2.59. The molecule has 2 nitrogen and oxygen atoms in total. The van der Waals surface area contributed by atoms with Crippen molar-refractivity contribution in [1.29, 1.82) is 0 Å². The molecule has 0 radical (unpaired) electrons. The van der Waals surface area contributed by atoms with Crippen molar-refractivity contribution >= 4 is 35.6 Å². The van der Waals surface area contributed by atoms with E-state index in [-0.39, 0.29) is 4.88 Å². The molecule has 0 aliphatic carbocycles. The lowest BCUT2D eigenvalue weighted by atomic mass is 10.2. The van der Waals surface area contributed by atoms with Crippen molar-refractivity contribution in [1.82, 2.24) is 0 Å². The van der Waals surface area contributed by atoms with E-state index in [2.05, 4.69) is 17.9 Å². The third-order valence-electron chi connectivity index (χ3n) is 2.05. The Kier molecular flexibility index (Phi) is 3.63. The van der Waals surface area contributed by atoms with Crippen LogP contribution in [-0.4, -0.2) is 5.91 Å². The molecule has 0 saturated carbocycles. The molecule has 0 fully saturated rings. The van der Waals surface area contributed by atoms with Crippen LogP contribution in [0, 0.1) is 17.5 Å². The van der Waals surface area contributed by atoms with Crippen LogP contribution in [0.5, 0.6) is 0 Å². The van der Waals surface area contributed by atoms with E-state index in [9.17, 15) is 18.0 Å². The molecule has 1 aromatic carbocycles. The maximum atomic E-state index is 13.3. The quantitative estimate of drug-likeness (QED) is 0.640. The normalized spacial score (nSPS) is 10.4. The average Bonchev–Trinajstić information content (AvgIpc) is 2.72. The first-order chi connectivity index (χ1) is 8.47. The van der Waals surface area contributed by atoms with Gasteiger partial charge in [-0.05, 0) is 6.07 Å². The highest BCUT2D eigenvalue weighted by Crippen LogP contribution is 2.22. The lowest BCUT2D eigenvalue weighted by Crippen LogP contribution is -2.12. The van der Waals surface area contributed by atoms with Gasteiger partial charge in [-0.2, -0.15) is 0 Å². The smallest absolute Gasteiger partial charge is 0.265 e. The van der Waals surface area contributed by atoms with Crippen LogP contribution in [0.25, 0.3) is 0 Å². The van der Waals surface area contributed by atoms with Crippen LogP contribution in [-0.2, 0) is 0 Å². The molecular formula is C11H6F3NOS2. The van der Waals surface area contributed by atoms with Crippen molar-refractivity contribution in [2.24, 2.45) is 0 Å². The van der Waals surface area contributed by atoms with E-state index < -0.39 is 29.0 Å². The number of nitrogens with one attached hydrogen (secondary N) is 1. The Labute approximate surface area is 110 Å². The van der Waals surface area contributed by atoms with Gasteiger partial charge >= 0.3 is 0 Å². The maximum absolute atomic E-state index is 13.3. The Morgan fingerprint density at radius 3 is 2.56 bits per heavy atom. The first kappa shape index (κ1) is 13.0. The molecule has 0 aliphatic rings. The number of anilines is 1. The van der Waals surface area contributed by atoms with Gasteiger partial charge in [0.25, 0.3) is 5.91 Å². The minimum absolute atomic E-state index is 0.268. The Morgan fingerprint density at radius 2 is 1.94 bits per heavy atom. The Balaban J connectivity index is 2.27. The van der Waals surface area contributed by atoms with E-state index in [1.54, 1.807) is 5.38 Å². The fraction of sp³-hybridized carbons (Fsp3) is 0. The van der Waals surface area contributed by atoms with Gasteiger partial charge in [0.05, 0.1) is 10.6 Å². The summed E-state index contributed by atoms with van der Waals surface area (Å²) in [5.41, 5.74) is -0.536. The molecule has 0 bridgehead atoms. The minimum Gasteiger partial charge on any atom is -0.319 e. The molecule has 1 amide bonds. The topological polar surface area (TPSA) is 29.1 Å². The van der Waals surface area contributed by atoms with Gasteiger partial charge in [0.1, 0.15) is 5.82 Å². The number of thiol groups is 1. The lowest BCUT2D eigenvalue weighted by molar-refractivity contribution is 0.103. The molecule has 0 aliphatic heterocycles. The van der Waals surface area contributed by atoms with Gasteiger partial charge in [-0.1, -0.05) is 0 Å². The highest BCUT2D eigenvalue weighted by Gasteiger charge is 2.15. The van der Waals surface area contributed by atoms with Crippen molar-refractivity contribution in [3.8, 4) is 0 Å². The van der Waals surface area contributed by atoms with Crippen LogP contribution in [0.3, 0.4) is 0 Å². The molecule has 1 N–H and O–H groups in total. The SMILES string of the molecule is O=C(Nc1cc(F)cc(F)c1F)c1cc(S)cs1. The van der Waals surface area contributed by atoms with Crippen LogP contribution in [0.15, 0.2) is 28.5 Å². The van der Waals surface area contributed by atoms with E-state index >= 15 is 0 Å². The van der Waals surface area contributed by atoms with Crippen molar-refractivity contribution < 1.29 is 18.0 Å². The zero-order chi connectivity index (χ0) is 13.3.